The van der Waals surface area contributed by atoms with Gasteiger partial charge in [0.2, 0.25) is 11.4 Å². The van der Waals surface area contributed by atoms with Gasteiger partial charge >= 0.3 is 0 Å². The molecule has 1 amide bonds. The molecule has 1 atom stereocenters. The molecule has 124 valence electrons. The summed E-state index contributed by atoms with van der Waals surface area (Å²) in [6, 6.07) is 13.8. The maximum absolute atomic E-state index is 12.8. The molecule has 0 saturated heterocycles. The SMILES string of the molecule is CC(=O)C(O)(C(=O)c1cccc(OCC(N)=O)c1)c1ccccc1. The minimum atomic E-state index is -2.29. The number of primary amides is 1. The van der Waals surface area contributed by atoms with E-state index >= 15 is 0 Å². The first-order chi connectivity index (χ1) is 11.4. The van der Waals surface area contributed by atoms with Gasteiger partial charge in [-0.2, -0.15) is 0 Å². The standard InChI is InChI=1S/C18H17NO5/c1-12(20)18(23,14-7-3-2-4-8-14)17(22)13-6-5-9-15(10-13)24-11-16(19)21/h2-10,23H,11H2,1H3,(H2,19,21). The van der Waals surface area contributed by atoms with Crippen molar-refractivity contribution in [1.82, 2.24) is 0 Å². The highest BCUT2D eigenvalue weighted by molar-refractivity contribution is 6.17. The first kappa shape index (κ1) is 17.4. The molecule has 0 spiro atoms. The average molecular weight is 327 g/mol. The van der Waals surface area contributed by atoms with Crippen molar-refractivity contribution < 1.29 is 24.2 Å². The second-order valence-electron chi connectivity index (χ2n) is 5.24. The van der Waals surface area contributed by atoms with Gasteiger partial charge in [-0.1, -0.05) is 42.5 Å². The fourth-order valence-corrected chi connectivity index (χ4v) is 2.26. The van der Waals surface area contributed by atoms with Gasteiger partial charge in [-0.25, -0.2) is 0 Å². The van der Waals surface area contributed by atoms with E-state index in [4.69, 9.17) is 10.5 Å². The predicted molar refractivity (Wildman–Crippen MR) is 86.5 cm³/mol. The van der Waals surface area contributed by atoms with E-state index in [0.29, 0.717) is 0 Å². The lowest BCUT2D eigenvalue weighted by Crippen LogP contribution is -2.42. The molecule has 0 aliphatic rings. The Morgan fingerprint density at radius 2 is 1.75 bits per heavy atom. The summed E-state index contributed by atoms with van der Waals surface area (Å²) < 4.78 is 5.14. The number of nitrogens with two attached hydrogens (primary N) is 1. The van der Waals surface area contributed by atoms with Crippen LogP contribution in [-0.2, 0) is 15.2 Å². The fraction of sp³-hybridized carbons (Fsp3) is 0.167. The van der Waals surface area contributed by atoms with Crippen LogP contribution in [0.25, 0.3) is 0 Å². The number of carbonyl (C=O) groups is 3. The lowest BCUT2D eigenvalue weighted by molar-refractivity contribution is -0.131. The maximum atomic E-state index is 12.8. The summed E-state index contributed by atoms with van der Waals surface area (Å²) in [7, 11) is 0. The number of aliphatic hydroxyl groups is 1. The third-order valence-corrected chi connectivity index (χ3v) is 3.51. The van der Waals surface area contributed by atoms with Crippen LogP contribution in [0.4, 0.5) is 0 Å². The van der Waals surface area contributed by atoms with Crippen LogP contribution in [0.5, 0.6) is 5.75 Å². The zero-order valence-corrected chi connectivity index (χ0v) is 13.1. The lowest BCUT2D eigenvalue weighted by atomic mass is 9.83. The van der Waals surface area contributed by atoms with Crippen LogP contribution in [0.15, 0.2) is 54.6 Å². The minimum Gasteiger partial charge on any atom is -0.484 e. The van der Waals surface area contributed by atoms with Crippen molar-refractivity contribution in [3.8, 4) is 5.75 Å². The number of ketones is 2. The monoisotopic (exact) mass is 327 g/mol. The molecule has 2 rings (SSSR count). The normalized spacial score (nSPS) is 12.9. The van der Waals surface area contributed by atoms with Gasteiger partial charge in [0.1, 0.15) is 5.75 Å². The molecule has 0 bridgehead atoms. The van der Waals surface area contributed by atoms with E-state index in [0.717, 1.165) is 6.92 Å². The van der Waals surface area contributed by atoms with Crippen molar-refractivity contribution in [3.63, 3.8) is 0 Å². The van der Waals surface area contributed by atoms with E-state index in [1.54, 1.807) is 18.2 Å². The van der Waals surface area contributed by atoms with Crippen LogP contribution < -0.4 is 10.5 Å². The Kier molecular flexibility index (Phi) is 5.11. The summed E-state index contributed by atoms with van der Waals surface area (Å²) in [5.41, 5.74) is 2.99. The highest BCUT2D eigenvalue weighted by Gasteiger charge is 2.43. The number of ether oxygens (including phenoxy) is 1. The van der Waals surface area contributed by atoms with Crippen LogP contribution >= 0.6 is 0 Å². The molecule has 6 heteroatoms. The van der Waals surface area contributed by atoms with Crippen LogP contribution in [0.1, 0.15) is 22.8 Å². The van der Waals surface area contributed by atoms with Gasteiger partial charge in [0.15, 0.2) is 12.4 Å². The van der Waals surface area contributed by atoms with Gasteiger partial charge in [0.05, 0.1) is 0 Å². The third-order valence-electron chi connectivity index (χ3n) is 3.51. The Hall–Kier alpha value is -2.99. The second kappa shape index (κ2) is 7.06. The largest absolute Gasteiger partial charge is 0.484 e. The molecular weight excluding hydrogens is 310 g/mol. The second-order valence-corrected chi connectivity index (χ2v) is 5.24. The zero-order chi connectivity index (χ0) is 17.7. The van der Waals surface area contributed by atoms with E-state index in [9.17, 15) is 19.5 Å². The van der Waals surface area contributed by atoms with Gasteiger partial charge in [0, 0.05) is 5.56 Å². The first-order valence-electron chi connectivity index (χ1n) is 7.20. The Morgan fingerprint density at radius 3 is 2.33 bits per heavy atom. The molecule has 0 aromatic heterocycles. The number of Topliss-reactive ketones (excluding diaryl/α,β-unsaturated/α-hetero) is 2. The maximum Gasteiger partial charge on any atom is 0.255 e. The average Bonchev–Trinajstić information content (AvgIpc) is 2.59. The molecular formula is C18H17NO5. The molecule has 0 radical (unpaired) electrons. The van der Waals surface area contributed by atoms with Gasteiger partial charge in [-0.3, -0.25) is 14.4 Å². The number of hydrogen-bond donors (Lipinski definition) is 2. The van der Waals surface area contributed by atoms with E-state index in [1.807, 2.05) is 0 Å². The van der Waals surface area contributed by atoms with Gasteiger partial charge < -0.3 is 15.6 Å². The van der Waals surface area contributed by atoms with Gasteiger partial charge in [-0.15, -0.1) is 0 Å². The summed E-state index contributed by atoms with van der Waals surface area (Å²) in [6.45, 7) is 0.811. The van der Waals surface area contributed by atoms with E-state index in [1.165, 1.54) is 36.4 Å². The van der Waals surface area contributed by atoms with Gasteiger partial charge in [-0.05, 0) is 24.6 Å². The van der Waals surface area contributed by atoms with E-state index < -0.39 is 23.1 Å². The molecule has 0 aliphatic heterocycles. The topological polar surface area (TPSA) is 107 Å². The number of rotatable bonds is 7. The third kappa shape index (κ3) is 3.49. The quantitative estimate of drug-likeness (QED) is 0.587. The Bertz CT molecular complexity index is 772. The molecule has 3 N–H and O–H groups in total. The van der Waals surface area contributed by atoms with Crippen molar-refractivity contribution in [2.45, 2.75) is 12.5 Å². The molecule has 0 saturated carbocycles. The molecule has 2 aromatic carbocycles. The van der Waals surface area contributed by atoms with E-state index in [-0.39, 0.29) is 23.5 Å². The number of hydrogen-bond acceptors (Lipinski definition) is 5. The number of amides is 1. The van der Waals surface area contributed by atoms with Crippen molar-refractivity contribution in [1.29, 1.82) is 0 Å². The first-order valence-corrected chi connectivity index (χ1v) is 7.20. The number of carbonyl (C=O) groups excluding carboxylic acids is 3. The Balaban J connectivity index is 2.39. The van der Waals surface area contributed by atoms with Crippen LogP contribution in [0.2, 0.25) is 0 Å². The van der Waals surface area contributed by atoms with Crippen molar-refractivity contribution >= 4 is 17.5 Å². The molecule has 0 aliphatic carbocycles. The summed E-state index contributed by atoms with van der Waals surface area (Å²) in [6.07, 6.45) is 0. The summed E-state index contributed by atoms with van der Waals surface area (Å²) in [5, 5.41) is 10.8. The van der Waals surface area contributed by atoms with Crippen molar-refractivity contribution in [2.75, 3.05) is 6.61 Å². The van der Waals surface area contributed by atoms with Crippen LogP contribution in [0.3, 0.4) is 0 Å². The summed E-state index contributed by atoms with van der Waals surface area (Å²) in [5.74, 6) is -1.89. The minimum absolute atomic E-state index is 0.0820. The highest BCUT2D eigenvalue weighted by Crippen LogP contribution is 2.28. The number of benzene rings is 2. The molecule has 1 unspecified atom stereocenters. The van der Waals surface area contributed by atoms with Crippen molar-refractivity contribution in [2.24, 2.45) is 5.73 Å². The van der Waals surface area contributed by atoms with Crippen LogP contribution in [0, 0.1) is 0 Å². The Labute approximate surface area is 138 Å². The van der Waals surface area contributed by atoms with Crippen molar-refractivity contribution in [3.05, 3.63) is 65.7 Å². The molecule has 6 nitrogen and oxygen atoms in total. The smallest absolute Gasteiger partial charge is 0.255 e. The summed E-state index contributed by atoms with van der Waals surface area (Å²) >= 11 is 0. The molecule has 0 fully saturated rings. The molecule has 2 aromatic rings. The van der Waals surface area contributed by atoms with E-state index in [2.05, 4.69) is 0 Å². The zero-order valence-electron chi connectivity index (χ0n) is 13.1. The van der Waals surface area contributed by atoms with Gasteiger partial charge in [0.25, 0.3) is 5.91 Å². The summed E-state index contributed by atoms with van der Waals surface area (Å²) in [4.78, 5) is 35.6. The molecule has 24 heavy (non-hydrogen) atoms. The van der Waals surface area contributed by atoms with Crippen LogP contribution in [-0.4, -0.2) is 29.2 Å². The highest BCUT2D eigenvalue weighted by atomic mass is 16.5. The lowest BCUT2D eigenvalue weighted by Gasteiger charge is -2.24. The molecule has 0 heterocycles. The predicted octanol–water partition coefficient (Wildman–Crippen LogP) is 1.21. The Morgan fingerprint density at radius 1 is 1.08 bits per heavy atom. The fourth-order valence-electron chi connectivity index (χ4n) is 2.26.